The Kier molecular flexibility index (Phi) is 3.47. The number of ether oxygens (including phenoxy) is 3. The maximum Gasteiger partial charge on any atom is 0.166 e. The molecule has 0 bridgehead atoms. The first kappa shape index (κ1) is 12.2. The maximum atomic E-state index is 5.93. The van der Waals surface area contributed by atoms with Gasteiger partial charge in [-0.2, -0.15) is 0 Å². The van der Waals surface area contributed by atoms with Crippen LogP contribution >= 0.6 is 11.6 Å². The van der Waals surface area contributed by atoms with Gasteiger partial charge in [0.15, 0.2) is 17.6 Å². The van der Waals surface area contributed by atoms with Crippen molar-refractivity contribution >= 4 is 11.6 Å². The fraction of sp³-hybridized carbons (Fsp3) is 0.200. The lowest BCUT2D eigenvalue weighted by molar-refractivity contribution is 0.0536. The van der Waals surface area contributed by atoms with Crippen LogP contribution in [0.1, 0.15) is 0 Å². The van der Waals surface area contributed by atoms with Crippen molar-refractivity contribution in [2.75, 3.05) is 13.2 Å². The molecule has 2 aromatic carbocycles. The number of hydrogen-bond acceptors (Lipinski definition) is 3. The van der Waals surface area contributed by atoms with Crippen molar-refractivity contribution in [1.82, 2.24) is 0 Å². The van der Waals surface area contributed by atoms with Crippen molar-refractivity contribution in [3.63, 3.8) is 0 Å². The van der Waals surface area contributed by atoms with E-state index in [2.05, 4.69) is 0 Å². The summed E-state index contributed by atoms with van der Waals surface area (Å²) in [6.45, 7) is 0.914. The molecule has 3 rings (SSSR count). The minimum absolute atomic E-state index is 0.133. The molecule has 1 aliphatic heterocycles. The summed E-state index contributed by atoms with van der Waals surface area (Å²) in [5, 5.41) is 0.631. The third-order valence-corrected chi connectivity index (χ3v) is 3.04. The molecule has 1 aliphatic rings. The third-order valence-electron chi connectivity index (χ3n) is 2.80. The molecule has 19 heavy (non-hydrogen) atoms. The molecule has 98 valence electrons. The van der Waals surface area contributed by atoms with Gasteiger partial charge in [-0.3, -0.25) is 0 Å². The first-order valence-electron chi connectivity index (χ1n) is 6.08. The van der Waals surface area contributed by atoms with E-state index in [1.54, 1.807) is 12.1 Å². The van der Waals surface area contributed by atoms with E-state index in [0.717, 1.165) is 11.5 Å². The van der Waals surface area contributed by atoms with Gasteiger partial charge in [0.1, 0.15) is 19.0 Å². The van der Waals surface area contributed by atoms with E-state index in [1.807, 2.05) is 36.4 Å². The highest BCUT2D eigenvalue weighted by Crippen LogP contribution is 2.34. The molecule has 0 saturated carbocycles. The van der Waals surface area contributed by atoms with Crippen molar-refractivity contribution in [1.29, 1.82) is 0 Å². The molecule has 4 heteroatoms. The first-order chi connectivity index (χ1) is 9.31. The largest absolute Gasteiger partial charge is 0.490 e. The quantitative estimate of drug-likeness (QED) is 0.858. The number of para-hydroxylation sites is 1. The van der Waals surface area contributed by atoms with Gasteiger partial charge in [-0.25, -0.2) is 0 Å². The highest BCUT2D eigenvalue weighted by atomic mass is 35.5. The van der Waals surface area contributed by atoms with Crippen LogP contribution in [0.15, 0.2) is 48.5 Å². The van der Waals surface area contributed by atoms with Crippen molar-refractivity contribution in [2.24, 2.45) is 0 Å². The fourth-order valence-electron chi connectivity index (χ4n) is 1.88. The Hall–Kier alpha value is -1.87. The summed E-state index contributed by atoms with van der Waals surface area (Å²) in [4.78, 5) is 0. The van der Waals surface area contributed by atoms with Crippen molar-refractivity contribution in [3.05, 3.63) is 53.6 Å². The topological polar surface area (TPSA) is 27.7 Å². The van der Waals surface area contributed by atoms with Crippen LogP contribution in [0.25, 0.3) is 0 Å². The fourth-order valence-corrected chi connectivity index (χ4v) is 2.04. The number of fused-ring (bicyclic) bond motifs is 1. The highest BCUT2D eigenvalue weighted by Gasteiger charge is 2.21. The Labute approximate surface area is 116 Å². The molecule has 0 fully saturated rings. The van der Waals surface area contributed by atoms with E-state index in [9.17, 15) is 0 Å². The average molecular weight is 277 g/mol. The van der Waals surface area contributed by atoms with Gasteiger partial charge in [0.05, 0.1) is 0 Å². The number of rotatable bonds is 3. The van der Waals surface area contributed by atoms with E-state index in [-0.39, 0.29) is 6.10 Å². The van der Waals surface area contributed by atoms with Crippen molar-refractivity contribution < 1.29 is 14.2 Å². The van der Waals surface area contributed by atoms with Gasteiger partial charge in [-0.15, -0.1) is 0 Å². The molecule has 0 aromatic heterocycles. The Morgan fingerprint density at radius 2 is 1.95 bits per heavy atom. The second-order valence-electron chi connectivity index (χ2n) is 4.27. The Bertz CT molecular complexity index is 557. The molecule has 0 spiro atoms. The summed E-state index contributed by atoms with van der Waals surface area (Å²) in [5.74, 6) is 2.21. The van der Waals surface area contributed by atoms with E-state index in [1.165, 1.54) is 0 Å². The Balaban J connectivity index is 1.62. The standard InChI is InChI=1S/C15H13ClO3/c16-11-6-7-14-15(8-11)19-13(10-18-14)9-17-12-4-2-1-3-5-12/h1-8,13H,9-10H2. The molecule has 0 N–H and O–H groups in total. The maximum absolute atomic E-state index is 5.93. The van der Waals surface area contributed by atoms with Gasteiger partial charge < -0.3 is 14.2 Å². The van der Waals surface area contributed by atoms with Gasteiger partial charge >= 0.3 is 0 Å². The predicted octanol–water partition coefficient (Wildman–Crippen LogP) is 3.56. The normalized spacial score (nSPS) is 17.0. The molecule has 1 unspecified atom stereocenters. The molecule has 1 atom stereocenters. The van der Waals surface area contributed by atoms with Crippen LogP contribution in [0.4, 0.5) is 0 Å². The van der Waals surface area contributed by atoms with Crippen LogP contribution in [0.2, 0.25) is 5.02 Å². The molecular weight excluding hydrogens is 264 g/mol. The average Bonchev–Trinajstić information content (AvgIpc) is 2.46. The molecule has 0 radical (unpaired) electrons. The van der Waals surface area contributed by atoms with E-state index in [0.29, 0.717) is 24.0 Å². The Morgan fingerprint density at radius 3 is 2.79 bits per heavy atom. The van der Waals surface area contributed by atoms with Gasteiger partial charge in [0, 0.05) is 11.1 Å². The second-order valence-corrected chi connectivity index (χ2v) is 4.70. The number of hydrogen-bond donors (Lipinski definition) is 0. The zero-order valence-electron chi connectivity index (χ0n) is 10.2. The number of halogens is 1. The zero-order valence-corrected chi connectivity index (χ0v) is 11.0. The zero-order chi connectivity index (χ0) is 13.1. The Morgan fingerprint density at radius 1 is 1.11 bits per heavy atom. The summed E-state index contributed by atoms with van der Waals surface area (Å²) in [5.41, 5.74) is 0. The smallest absolute Gasteiger partial charge is 0.166 e. The second kappa shape index (κ2) is 5.41. The molecule has 3 nitrogen and oxygen atoms in total. The van der Waals surface area contributed by atoms with Crippen molar-refractivity contribution in [2.45, 2.75) is 6.10 Å². The lowest BCUT2D eigenvalue weighted by Gasteiger charge is -2.26. The van der Waals surface area contributed by atoms with E-state index in [4.69, 9.17) is 25.8 Å². The van der Waals surface area contributed by atoms with Crippen LogP contribution in [0, 0.1) is 0 Å². The summed E-state index contributed by atoms with van der Waals surface area (Å²) >= 11 is 5.93. The van der Waals surface area contributed by atoms with Crippen LogP contribution in [-0.2, 0) is 0 Å². The van der Waals surface area contributed by atoms with Crippen LogP contribution < -0.4 is 14.2 Å². The molecule has 0 saturated heterocycles. The summed E-state index contributed by atoms with van der Waals surface area (Å²) in [6.07, 6.45) is -0.133. The van der Waals surface area contributed by atoms with Crippen LogP contribution in [0.3, 0.4) is 0 Å². The minimum Gasteiger partial charge on any atom is -0.490 e. The molecular formula is C15H13ClO3. The summed E-state index contributed by atoms with van der Waals surface area (Å²) < 4.78 is 17.1. The van der Waals surface area contributed by atoms with E-state index >= 15 is 0 Å². The van der Waals surface area contributed by atoms with Gasteiger partial charge in [-0.1, -0.05) is 29.8 Å². The van der Waals surface area contributed by atoms with Crippen molar-refractivity contribution in [3.8, 4) is 17.2 Å². The predicted molar refractivity (Wildman–Crippen MR) is 73.3 cm³/mol. The molecule has 0 aliphatic carbocycles. The molecule has 0 amide bonds. The third kappa shape index (κ3) is 2.93. The van der Waals surface area contributed by atoms with Crippen LogP contribution in [0.5, 0.6) is 17.2 Å². The van der Waals surface area contributed by atoms with Gasteiger partial charge in [0.2, 0.25) is 0 Å². The highest BCUT2D eigenvalue weighted by molar-refractivity contribution is 6.30. The molecule has 2 aromatic rings. The minimum atomic E-state index is -0.133. The van der Waals surface area contributed by atoms with Crippen LogP contribution in [-0.4, -0.2) is 19.3 Å². The SMILES string of the molecule is Clc1ccc2c(c1)OC(COc1ccccc1)CO2. The van der Waals surface area contributed by atoms with Gasteiger partial charge in [-0.05, 0) is 24.3 Å². The monoisotopic (exact) mass is 276 g/mol. The summed E-state index contributed by atoms with van der Waals surface area (Å²) in [6, 6.07) is 15.0. The summed E-state index contributed by atoms with van der Waals surface area (Å²) in [7, 11) is 0. The lowest BCUT2D eigenvalue weighted by atomic mass is 10.2. The van der Waals surface area contributed by atoms with E-state index < -0.39 is 0 Å². The van der Waals surface area contributed by atoms with Gasteiger partial charge in [0.25, 0.3) is 0 Å². The number of benzene rings is 2. The molecule has 1 heterocycles. The lowest BCUT2D eigenvalue weighted by Crippen LogP contribution is -2.34. The first-order valence-corrected chi connectivity index (χ1v) is 6.46.